The minimum Gasteiger partial charge on any atom is -0.482 e. The molecule has 0 unspecified atom stereocenters. The smallest absolute Gasteiger partial charge is 0.274 e. The number of ether oxygens (including phenoxy) is 1. The molecular weight excluding hydrogens is 485 g/mol. The predicted molar refractivity (Wildman–Crippen MR) is 141 cm³/mol. The Morgan fingerprint density at radius 2 is 2.00 bits per heavy atom. The number of nitrogens with two attached hydrogens (primary N) is 1. The number of carbonyl (C=O) groups excluding carboxylic acids is 1. The van der Waals surface area contributed by atoms with Crippen LogP contribution >= 0.6 is 0 Å². The summed E-state index contributed by atoms with van der Waals surface area (Å²) in [5.74, 6) is 0.0780. The van der Waals surface area contributed by atoms with Gasteiger partial charge in [0.2, 0.25) is 0 Å². The number of hydrogen-bond acceptors (Lipinski definition) is 6. The van der Waals surface area contributed by atoms with Crippen LogP contribution < -0.4 is 10.5 Å². The summed E-state index contributed by atoms with van der Waals surface area (Å²) in [6.07, 6.45) is 6.62. The minimum atomic E-state index is -0.531. The lowest BCUT2D eigenvalue weighted by Gasteiger charge is -2.28. The van der Waals surface area contributed by atoms with E-state index in [-0.39, 0.29) is 23.6 Å². The summed E-state index contributed by atoms with van der Waals surface area (Å²) in [6.45, 7) is 1.86. The number of aromatic nitrogens is 5. The van der Waals surface area contributed by atoms with Crippen LogP contribution in [-0.2, 0) is 13.5 Å². The molecule has 1 aliphatic carbocycles. The number of rotatable bonds is 2. The standard InChI is InChI=1S/C28H30FN7O2/c1-15-21-12-18(29)8-9-20(21)24-17(14-35(4)32-24)10-22-25(28(37)34(2)3)33-36(19-6-5-7-19)26(22)16-11-23(38-15)27(30)31-13-16/h8-9,11-15,19H,5-7,10H2,1-4H3,(H2,30,31)/t15-/m1/s1. The molecule has 0 radical (unpaired) electrons. The summed E-state index contributed by atoms with van der Waals surface area (Å²) >= 11 is 0. The Morgan fingerprint density at radius 1 is 1.21 bits per heavy atom. The van der Waals surface area contributed by atoms with E-state index < -0.39 is 6.10 Å². The summed E-state index contributed by atoms with van der Waals surface area (Å²) in [5.41, 5.74) is 12.0. The lowest BCUT2D eigenvalue weighted by Crippen LogP contribution is -2.24. The maximum Gasteiger partial charge on any atom is 0.274 e. The fourth-order valence-electron chi connectivity index (χ4n) is 5.32. The second kappa shape index (κ2) is 8.97. The summed E-state index contributed by atoms with van der Waals surface area (Å²) in [7, 11) is 5.31. The maximum atomic E-state index is 14.5. The summed E-state index contributed by atoms with van der Waals surface area (Å²) in [4.78, 5) is 19.4. The molecule has 1 amide bonds. The zero-order chi connectivity index (χ0) is 26.7. The van der Waals surface area contributed by atoms with E-state index in [1.807, 2.05) is 30.9 Å². The van der Waals surface area contributed by atoms with Crippen LogP contribution in [0, 0.1) is 5.82 Å². The zero-order valence-corrected chi connectivity index (χ0v) is 21.9. The van der Waals surface area contributed by atoms with Gasteiger partial charge in [-0.3, -0.25) is 14.2 Å². The molecule has 0 saturated heterocycles. The van der Waals surface area contributed by atoms with Gasteiger partial charge >= 0.3 is 0 Å². The normalized spacial score (nSPS) is 16.7. The van der Waals surface area contributed by atoms with Crippen molar-refractivity contribution in [2.45, 2.75) is 44.8 Å². The maximum absolute atomic E-state index is 14.5. The lowest BCUT2D eigenvalue weighted by molar-refractivity contribution is 0.0819. The van der Waals surface area contributed by atoms with Crippen molar-refractivity contribution in [2.24, 2.45) is 7.05 Å². The van der Waals surface area contributed by atoms with Gasteiger partial charge in [-0.2, -0.15) is 10.2 Å². The average Bonchev–Trinajstić information content (AvgIpc) is 3.38. The van der Waals surface area contributed by atoms with Crippen molar-refractivity contribution >= 4 is 11.7 Å². The Kier molecular flexibility index (Phi) is 5.70. The molecule has 196 valence electrons. The number of nitrogens with zero attached hydrogens (tertiary/aromatic N) is 6. The Hall–Kier alpha value is -4.21. The van der Waals surface area contributed by atoms with Gasteiger partial charge in [-0.05, 0) is 50.5 Å². The molecule has 4 heterocycles. The van der Waals surface area contributed by atoms with Gasteiger partial charge in [0.05, 0.1) is 17.4 Å². The van der Waals surface area contributed by atoms with Crippen molar-refractivity contribution in [1.29, 1.82) is 0 Å². The second-order valence-electron chi connectivity index (χ2n) is 10.4. The number of hydrogen-bond donors (Lipinski definition) is 1. The van der Waals surface area contributed by atoms with Gasteiger partial charge in [-0.1, -0.05) is 0 Å². The first-order valence-corrected chi connectivity index (χ1v) is 12.8. The fraction of sp³-hybridized carbons (Fsp3) is 0.357. The van der Waals surface area contributed by atoms with Gasteiger partial charge in [0, 0.05) is 67.8 Å². The van der Waals surface area contributed by atoms with E-state index in [2.05, 4.69) is 4.98 Å². The number of carbonyl (C=O) groups is 1. The summed E-state index contributed by atoms with van der Waals surface area (Å²) in [5, 5.41) is 9.66. The molecular formula is C28H30FN7O2. The van der Waals surface area contributed by atoms with Crippen LogP contribution in [0.4, 0.5) is 10.2 Å². The number of nitrogen functional groups attached to an aromatic ring is 1. The second-order valence-corrected chi connectivity index (χ2v) is 10.4. The highest BCUT2D eigenvalue weighted by Gasteiger charge is 2.33. The highest BCUT2D eigenvalue weighted by molar-refractivity contribution is 5.95. The topological polar surface area (TPSA) is 104 Å². The van der Waals surface area contributed by atoms with Crippen LogP contribution in [-0.4, -0.2) is 49.4 Å². The van der Waals surface area contributed by atoms with Gasteiger partial charge in [0.15, 0.2) is 17.3 Å². The molecule has 9 nitrogen and oxygen atoms in total. The molecule has 3 aromatic heterocycles. The van der Waals surface area contributed by atoms with E-state index in [0.29, 0.717) is 29.1 Å². The summed E-state index contributed by atoms with van der Waals surface area (Å²) < 4.78 is 24.5. The van der Waals surface area contributed by atoms with Crippen molar-refractivity contribution in [3.05, 3.63) is 64.9 Å². The Morgan fingerprint density at radius 3 is 2.71 bits per heavy atom. The molecule has 38 heavy (non-hydrogen) atoms. The number of benzene rings is 1. The number of halogens is 1. The molecule has 0 spiro atoms. The van der Waals surface area contributed by atoms with Crippen LogP contribution in [0.2, 0.25) is 0 Å². The highest BCUT2D eigenvalue weighted by atomic mass is 19.1. The van der Waals surface area contributed by atoms with Gasteiger partial charge < -0.3 is 15.4 Å². The molecule has 2 N–H and O–H groups in total. The molecule has 1 fully saturated rings. The molecule has 1 saturated carbocycles. The number of aryl methyl sites for hydroxylation is 1. The van der Waals surface area contributed by atoms with Crippen LogP contribution in [0.15, 0.2) is 36.7 Å². The van der Waals surface area contributed by atoms with Gasteiger partial charge in [-0.15, -0.1) is 0 Å². The highest BCUT2D eigenvalue weighted by Crippen LogP contribution is 2.42. The van der Waals surface area contributed by atoms with Crippen LogP contribution in [0.1, 0.15) is 65.5 Å². The number of anilines is 1. The molecule has 1 atom stereocenters. The first-order valence-electron chi connectivity index (χ1n) is 12.8. The molecule has 6 rings (SSSR count). The average molecular weight is 516 g/mol. The Bertz CT molecular complexity index is 1570. The summed E-state index contributed by atoms with van der Waals surface area (Å²) in [6, 6.07) is 6.67. The predicted octanol–water partition coefficient (Wildman–Crippen LogP) is 4.54. The Balaban J connectivity index is 1.68. The quantitative estimate of drug-likeness (QED) is 0.420. The van der Waals surface area contributed by atoms with Crippen LogP contribution in [0.25, 0.3) is 22.5 Å². The zero-order valence-electron chi connectivity index (χ0n) is 21.9. The molecule has 2 bridgehead atoms. The first kappa shape index (κ1) is 24.1. The van der Waals surface area contributed by atoms with E-state index in [4.69, 9.17) is 20.7 Å². The monoisotopic (exact) mass is 515 g/mol. The van der Waals surface area contributed by atoms with Crippen LogP contribution in [0.5, 0.6) is 5.75 Å². The van der Waals surface area contributed by atoms with Gasteiger partial charge in [0.1, 0.15) is 11.9 Å². The number of fused-ring (bicyclic) bond motifs is 7. The fourth-order valence-corrected chi connectivity index (χ4v) is 5.32. The van der Waals surface area contributed by atoms with Crippen LogP contribution in [0.3, 0.4) is 0 Å². The third-order valence-corrected chi connectivity index (χ3v) is 7.48. The third kappa shape index (κ3) is 3.91. The first-order chi connectivity index (χ1) is 18.2. The van der Waals surface area contributed by atoms with Crippen molar-refractivity contribution in [3.63, 3.8) is 0 Å². The van der Waals surface area contributed by atoms with E-state index in [9.17, 15) is 9.18 Å². The van der Waals surface area contributed by atoms with E-state index in [1.165, 1.54) is 12.1 Å². The number of amides is 1. The number of pyridine rings is 1. The van der Waals surface area contributed by atoms with Crippen molar-refractivity contribution in [3.8, 4) is 28.3 Å². The molecule has 10 heteroatoms. The van der Waals surface area contributed by atoms with Gasteiger partial charge in [-0.25, -0.2) is 9.37 Å². The van der Waals surface area contributed by atoms with Gasteiger partial charge in [0.25, 0.3) is 5.91 Å². The Labute approximate surface area is 220 Å². The van der Waals surface area contributed by atoms with Crippen molar-refractivity contribution in [1.82, 2.24) is 29.4 Å². The third-order valence-electron chi connectivity index (χ3n) is 7.48. The van der Waals surface area contributed by atoms with Crippen molar-refractivity contribution < 1.29 is 13.9 Å². The van der Waals surface area contributed by atoms with E-state index in [1.54, 1.807) is 35.9 Å². The molecule has 2 aliphatic rings. The molecule has 4 aromatic rings. The van der Waals surface area contributed by atoms with E-state index in [0.717, 1.165) is 47.2 Å². The minimum absolute atomic E-state index is 0.173. The van der Waals surface area contributed by atoms with E-state index >= 15 is 0 Å². The largest absolute Gasteiger partial charge is 0.482 e. The molecule has 1 aromatic carbocycles. The van der Waals surface area contributed by atoms with Crippen molar-refractivity contribution in [2.75, 3.05) is 19.8 Å². The SMILES string of the molecule is C[C@H]1Oc2cc(cnc2N)-c2c(c(C(=O)N(C)C)nn2C2CCC2)Cc2cn(C)nc2-c2ccc(F)cc21. The lowest BCUT2D eigenvalue weighted by atomic mass is 9.91. The molecule has 1 aliphatic heterocycles.